The summed E-state index contributed by atoms with van der Waals surface area (Å²) in [6, 6.07) is 16.3. The molecular weight excluding hydrogens is 316 g/mol. The van der Waals surface area contributed by atoms with E-state index in [1.807, 2.05) is 36.4 Å². The molecule has 0 bridgehead atoms. The molecule has 1 aliphatic heterocycles. The van der Waals surface area contributed by atoms with Crippen molar-refractivity contribution in [3.63, 3.8) is 0 Å². The van der Waals surface area contributed by atoms with Gasteiger partial charge in [0.1, 0.15) is 0 Å². The van der Waals surface area contributed by atoms with Gasteiger partial charge in [0.05, 0.1) is 10.6 Å². The lowest BCUT2D eigenvalue weighted by Gasteiger charge is -2.02. The summed E-state index contributed by atoms with van der Waals surface area (Å²) in [5, 5.41) is 3.49. The number of nitrogens with zero attached hydrogens (tertiary/aromatic N) is 1. The molecule has 0 spiro atoms. The molecule has 3 nitrogen and oxygen atoms in total. The maximum Gasteiger partial charge on any atom is 0.264 e. The molecule has 0 saturated carbocycles. The van der Waals surface area contributed by atoms with Crippen molar-refractivity contribution in [1.29, 1.82) is 0 Å². The van der Waals surface area contributed by atoms with Crippen LogP contribution in [0, 0.1) is 0 Å². The monoisotopic (exact) mass is 336 g/mol. The van der Waals surface area contributed by atoms with Crippen molar-refractivity contribution in [2.45, 2.75) is 26.7 Å². The first-order chi connectivity index (χ1) is 11.7. The van der Waals surface area contributed by atoms with Crippen molar-refractivity contribution >= 4 is 34.6 Å². The van der Waals surface area contributed by atoms with Gasteiger partial charge in [-0.1, -0.05) is 56.3 Å². The van der Waals surface area contributed by atoms with Crippen LogP contribution in [0.25, 0.3) is 6.08 Å². The minimum Gasteiger partial charge on any atom is -0.300 e. The molecule has 1 amide bonds. The Morgan fingerprint density at radius 2 is 1.79 bits per heavy atom. The summed E-state index contributed by atoms with van der Waals surface area (Å²) in [6.07, 6.45) is 3.84. The SMILES string of the molecule is CCc1ccc(/C=C2\SC(=Nc3ccccc3CC)NC2=O)cc1. The van der Waals surface area contributed by atoms with Crippen LogP contribution in [0.1, 0.15) is 30.5 Å². The number of benzene rings is 2. The van der Waals surface area contributed by atoms with Crippen molar-refractivity contribution in [2.75, 3.05) is 0 Å². The van der Waals surface area contributed by atoms with Crippen LogP contribution in [0.5, 0.6) is 0 Å². The highest BCUT2D eigenvalue weighted by atomic mass is 32.2. The van der Waals surface area contributed by atoms with Crippen molar-refractivity contribution in [3.05, 3.63) is 70.1 Å². The predicted molar refractivity (Wildman–Crippen MR) is 102 cm³/mol. The third-order valence-corrected chi connectivity index (χ3v) is 4.84. The predicted octanol–water partition coefficient (Wildman–Crippen LogP) is 4.70. The summed E-state index contributed by atoms with van der Waals surface area (Å²) in [5.41, 5.74) is 4.41. The van der Waals surface area contributed by atoms with E-state index in [1.54, 1.807) is 0 Å². The Hall–Kier alpha value is -2.33. The largest absolute Gasteiger partial charge is 0.300 e. The highest BCUT2D eigenvalue weighted by Crippen LogP contribution is 2.29. The van der Waals surface area contributed by atoms with Gasteiger partial charge in [0.2, 0.25) is 0 Å². The highest BCUT2D eigenvalue weighted by molar-refractivity contribution is 8.18. The minimum absolute atomic E-state index is 0.0905. The molecule has 2 aromatic carbocycles. The number of amidine groups is 1. The molecule has 0 unspecified atom stereocenters. The highest BCUT2D eigenvalue weighted by Gasteiger charge is 2.23. The first-order valence-corrected chi connectivity index (χ1v) is 8.97. The number of thioether (sulfide) groups is 1. The first-order valence-electron chi connectivity index (χ1n) is 8.16. The molecule has 1 fully saturated rings. The third kappa shape index (κ3) is 3.77. The Labute approximate surface area is 146 Å². The van der Waals surface area contributed by atoms with Gasteiger partial charge < -0.3 is 5.32 Å². The van der Waals surface area contributed by atoms with Crippen molar-refractivity contribution in [1.82, 2.24) is 5.32 Å². The number of amides is 1. The van der Waals surface area contributed by atoms with Gasteiger partial charge in [-0.05, 0) is 53.4 Å². The molecule has 2 aromatic rings. The number of hydrogen-bond acceptors (Lipinski definition) is 3. The van der Waals surface area contributed by atoms with E-state index in [0.717, 1.165) is 24.1 Å². The maximum atomic E-state index is 12.2. The summed E-state index contributed by atoms with van der Waals surface area (Å²) in [4.78, 5) is 17.5. The lowest BCUT2D eigenvalue weighted by molar-refractivity contribution is -0.115. The molecule has 3 rings (SSSR count). The van der Waals surface area contributed by atoms with E-state index in [-0.39, 0.29) is 5.91 Å². The average Bonchev–Trinajstić information content (AvgIpc) is 2.95. The molecule has 1 heterocycles. The molecule has 0 atom stereocenters. The number of nitrogens with one attached hydrogen (secondary N) is 1. The summed E-state index contributed by atoms with van der Waals surface area (Å²) in [7, 11) is 0. The van der Waals surface area contributed by atoms with Crippen LogP contribution < -0.4 is 5.32 Å². The van der Waals surface area contributed by atoms with Crippen molar-refractivity contribution in [3.8, 4) is 0 Å². The number of hydrogen-bond donors (Lipinski definition) is 1. The zero-order valence-electron chi connectivity index (χ0n) is 13.9. The van der Waals surface area contributed by atoms with Gasteiger partial charge in [-0.25, -0.2) is 4.99 Å². The average molecular weight is 336 g/mol. The van der Waals surface area contributed by atoms with Crippen LogP contribution in [0.4, 0.5) is 5.69 Å². The Bertz CT molecular complexity index is 807. The second kappa shape index (κ2) is 7.49. The second-order valence-electron chi connectivity index (χ2n) is 5.56. The van der Waals surface area contributed by atoms with Gasteiger partial charge in [-0.2, -0.15) is 0 Å². The number of carbonyl (C=O) groups excluding carboxylic acids is 1. The standard InChI is InChI=1S/C20H20N2OS/c1-3-14-9-11-15(12-10-14)13-18-19(23)22-20(24-18)21-17-8-6-5-7-16(17)4-2/h5-13H,3-4H2,1-2H3,(H,21,22,23)/b18-13-. The topological polar surface area (TPSA) is 41.5 Å². The van der Waals surface area contributed by atoms with E-state index in [2.05, 4.69) is 42.4 Å². The summed E-state index contributed by atoms with van der Waals surface area (Å²) < 4.78 is 0. The Morgan fingerprint density at radius 3 is 2.50 bits per heavy atom. The fourth-order valence-corrected chi connectivity index (χ4v) is 3.34. The van der Waals surface area contributed by atoms with Gasteiger partial charge in [0, 0.05) is 0 Å². The van der Waals surface area contributed by atoms with E-state index in [0.29, 0.717) is 10.1 Å². The van der Waals surface area contributed by atoms with Crippen LogP contribution in [-0.2, 0) is 17.6 Å². The minimum atomic E-state index is -0.0905. The van der Waals surface area contributed by atoms with Crippen LogP contribution in [0.15, 0.2) is 58.4 Å². The van der Waals surface area contributed by atoms with E-state index in [4.69, 9.17) is 0 Å². The molecule has 0 aromatic heterocycles. The Morgan fingerprint density at radius 1 is 1.04 bits per heavy atom. The lowest BCUT2D eigenvalue weighted by atomic mass is 10.1. The summed E-state index contributed by atoms with van der Waals surface area (Å²) in [6.45, 7) is 4.23. The zero-order chi connectivity index (χ0) is 16.9. The first kappa shape index (κ1) is 16.5. The van der Waals surface area contributed by atoms with E-state index in [1.165, 1.54) is 22.9 Å². The van der Waals surface area contributed by atoms with Gasteiger partial charge in [-0.15, -0.1) is 0 Å². The Balaban J connectivity index is 1.82. The molecule has 4 heteroatoms. The van der Waals surface area contributed by atoms with Crippen LogP contribution >= 0.6 is 11.8 Å². The van der Waals surface area contributed by atoms with Crippen LogP contribution in [0.2, 0.25) is 0 Å². The second-order valence-corrected chi connectivity index (χ2v) is 6.59. The van der Waals surface area contributed by atoms with Gasteiger partial charge in [0.25, 0.3) is 5.91 Å². The number of aliphatic imine (C=N–C) groups is 1. The van der Waals surface area contributed by atoms with Crippen LogP contribution in [0.3, 0.4) is 0 Å². The number of rotatable bonds is 4. The molecule has 24 heavy (non-hydrogen) atoms. The number of carbonyl (C=O) groups is 1. The van der Waals surface area contributed by atoms with Gasteiger partial charge in [-0.3, -0.25) is 4.79 Å². The molecule has 122 valence electrons. The van der Waals surface area contributed by atoms with E-state index in [9.17, 15) is 4.79 Å². The molecule has 1 saturated heterocycles. The molecule has 1 N–H and O–H groups in total. The van der Waals surface area contributed by atoms with Gasteiger partial charge >= 0.3 is 0 Å². The molecular formula is C20H20N2OS. The zero-order valence-corrected chi connectivity index (χ0v) is 14.7. The van der Waals surface area contributed by atoms with Crippen molar-refractivity contribution in [2.24, 2.45) is 4.99 Å². The third-order valence-electron chi connectivity index (χ3n) is 3.93. The lowest BCUT2D eigenvalue weighted by Crippen LogP contribution is -2.19. The van der Waals surface area contributed by atoms with Crippen molar-refractivity contribution < 1.29 is 4.79 Å². The number of aryl methyl sites for hydroxylation is 2. The Kier molecular flexibility index (Phi) is 5.16. The van der Waals surface area contributed by atoms with E-state index >= 15 is 0 Å². The quantitative estimate of drug-likeness (QED) is 0.822. The maximum absolute atomic E-state index is 12.2. The normalized spacial score (nSPS) is 17.5. The van der Waals surface area contributed by atoms with Crippen LogP contribution in [-0.4, -0.2) is 11.1 Å². The summed E-state index contributed by atoms with van der Waals surface area (Å²) >= 11 is 1.39. The fourth-order valence-electron chi connectivity index (χ4n) is 2.51. The smallest absolute Gasteiger partial charge is 0.264 e. The molecule has 1 aliphatic rings. The summed E-state index contributed by atoms with van der Waals surface area (Å²) in [5.74, 6) is -0.0905. The van der Waals surface area contributed by atoms with Gasteiger partial charge in [0.15, 0.2) is 5.17 Å². The van der Waals surface area contributed by atoms with E-state index < -0.39 is 0 Å². The molecule has 0 radical (unpaired) electrons. The molecule has 0 aliphatic carbocycles. The fraction of sp³-hybridized carbons (Fsp3) is 0.200. The number of para-hydroxylation sites is 1.